The van der Waals surface area contributed by atoms with Gasteiger partial charge in [-0.05, 0) is 48.4 Å². The quantitative estimate of drug-likeness (QED) is 0.535. The minimum atomic E-state index is -1.80. The third kappa shape index (κ3) is 5.73. The Morgan fingerprint density at radius 3 is 2.70 bits per heavy atom. The zero-order valence-corrected chi connectivity index (χ0v) is 19.4. The molecule has 178 valence electrons. The number of amides is 2. The van der Waals surface area contributed by atoms with Gasteiger partial charge in [0.1, 0.15) is 0 Å². The molecule has 3 atom stereocenters. The second kappa shape index (κ2) is 11.1. The number of carbonyl (C=O) groups is 2. The fourth-order valence-corrected chi connectivity index (χ4v) is 5.15. The zero-order chi connectivity index (χ0) is 23.2. The maximum absolute atomic E-state index is 13.0. The number of aliphatic hydroxyl groups is 2. The number of likely N-dealkylation sites (tertiary alicyclic amines) is 1. The van der Waals surface area contributed by atoms with E-state index < -0.39 is 24.0 Å². The van der Waals surface area contributed by atoms with E-state index in [1.165, 1.54) is 0 Å². The van der Waals surface area contributed by atoms with Crippen molar-refractivity contribution in [2.24, 2.45) is 0 Å². The Morgan fingerprint density at radius 2 is 1.94 bits per heavy atom. The van der Waals surface area contributed by atoms with Gasteiger partial charge in [0.2, 0.25) is 0 Å². The largest absolute Gasteiger partial charge is 0.380 e. The number of benzene rings is 1. The molecule has 0 unspecified atom stereocenters. The summed E-state index contributed by atoms with van der Waals surface area (Å²) in [6.45, 7) is 3.84. The number of hydrogen-bond acceptors (Lipinski definition) is 7. The van der Waals surface area contributed by atoms with Gasteiger partial charge in [-0.25, -0.2) is 0 Å². The van der Waals surface area contributed by atoms with Crippen molar-refractivity contribution < 1.29 is 24.5 Å². The van der Waals surface area contributed by atoms with Crippen molar-refractivity contribution in [3.8, 4) is 0 Å². The zero-order valence-electron chi connectivity index (χ0n) is 18.6. The normalized spacial score (nSPS) is 20.5. The van der Waals surface area contributed by atoms with Crippen LogP contribution in [0, 0.1) is 0 Å². The second-order valence-electron chi connectivity index (χ2n) is 8.39. The first-order valence-corrected chi connectivity index (χ1v) is 12.3. The first-order valence-electron chi connectivity index (χ1n) is 11.4. The van der Waals surface area contributed by atoms with Crippen LogP contribution in [0.15, 0.2) is 41.8 Å². The molecule has 9 heteroatoms. The van der Waals surface area contributed by atoms with E-state index in [4.69, 9.17) is 4.74 Å². The lowest BCUT2D eigenvalue weighted by molar-refractivity contribution is -0.153. The van der Waals surface area contributed by atoms with Gasteiger partial charge in [0.05, 0.1) is 19.3 Å². The molecule has 33 heavy (non-hydrogen) atoms. The highest BCUT2D eigenvalue weighted by atomic mass is 32.1. The number of rotatable bonds is 8. The van der Waals surface area contributed by atoms with Crippen LogP contribution in [-0.2, 0) is 20.7 Å². The number of ether oxygens (including phenoxy) is 1. The molecule has 2 amide bonds. The molecule has 2 aromatic rings. The molecule has 1 aromatic carbocycles. The number of morpholine rings is 1. The highest BCUT2D eigenvalue weighted by molar-refractivity contribution is 7.09. The number of aliphatic hydroxyl groups excluding tert-OH is 2. The molecule has 2 aliphatic heterocycles. The van der Waals surface area contributed by atoms with Gasteiger partial charge in [-0.3, -0.25) is 9.59 Å². The number of carbonyl (C=O) groups excluding carboxylic acids is 2. The van der Waals surface area contributed by atoms with E-state index in [1.807, 2.05) is 29.6 Å². The fourth-order valence-electron chi connectivity index (χ4n) is 4.44. The average Bonchev–Trinajstić information content (AvgIpc) is 3.55. The maximum atomic E-state index is 13.0. The first kappa shape index (κ1) is 23.7. The van der Waals surface area contributed by atoms with Crippen molar-refractivity contribution in [1.29, 1.82) is 0 Å². The van der Waals surface area contributed by atoms with E-state index in [0.29, 0.717) is 32.7 Å². The predicted molar refractivity (Wildman–Crippen MR) is 126 cm³/mol. The topological polar surface area (TPSA) is 102 Å². The van der Waals surface area contributed by atoms with E-state index in [-0.39, 0.29) is 6.04 Å². The highest BCUT2D eigenvalue weighted by Crippen LogP contribution is 2.34. The Morgan fingerprint density at radius 1 is 1.12 bits per heavy atom. The minimum absolute atomic E-state index is 0.192. The molecule has 0 radical (unpaired) electrons. The lowest BCUT2D eigenvalue weighted by atomic mass is 10.0. The lowest BCUT2D eigenvalue weighted by Gasteiger charge is -2.31. The van der Waals surface area contributed by atoms with Crippen molar-refractivity contribution in [3.05, 3.63) is 52.2 Å². The Bertz CT molecular complexity index is 932. The van der Waals surface area contributed by atoms with Crippen LogP contribution >= 0.6 is 11.3 Å². The van der Waals surface area contributed by atoms with Gasteiger partial charge >= 0.3 is 0 Å². The van der Waals surface area contributed by atoms with Crippen molar-refractivity contribution in [1.82, 2.24) is 10.2 Å². The van der Waals surface area contributed by atoms with Crippen LogP contribution in [0.5, 0.6) is 0 Å². The lowest BCUT2D eigenvalue weighted by Crippen LogP contribution is -2.50. The van der Waals surface area contributed by atoms with Gasteiger partial charge < -0.3 is 30.1 Å². The van der Waals surface area contributed by atoms with Crippen LogP contribution in [-0.4, -0.2) is 78.5 Å². The number of nitrogens with one attached hydrogen (secondary N) is 1. The standard InChI is InChI=1S/C24H31N3O5S/c28-21(23(30)25-9-8-19-6-3-15-33-19)22(29)24(31)27-10-2-7-20(27)17-4-1-5-18(16-17)26-11-13-32-14-12-26/h1,3-6,15-16,20-22,28-29H,2,7-14H2,(H,25,30)/t20-,21-,22-/m1/s1. The van der Waals surface area contributed by atoms with Gasteiger partial charge in [-0.2, -0.15) is 0 Å². The molecule has 4 rings (SSSR count). The first-order chi connectivity index (χ1) is 16.0. The molecule has 2 saturated heterocycles. The molecule has 3 heterocycles. The Hall–Kier alpha value is -2.46. The summed E-state index contributed by atoms with van der Waals surface area (Å²) in [5.74, 6) is -1.35. The molecule has 2 aliphatic rings. The third-order valence-corrected chi connectivity index (χ3v) is 7.17. The maximum Gasteiger partial charge on any atom is 0.255 e. The van der Waals surface area contributed by atoms with Crippen molar-refractivity contribution in [3.63, 3.8) is 0 Å². The van der Waals surface area contributed by atoms with Crippen LogP contribution in [0.25, 0.3) is 0 Å². The van der Waals surface area contributed by atoms with Crippen LogP contribution in [0.3, 0.4) is 0 Å². The number of nitrogens with zero attached hydrogens (tertiary/aromatic N) is 2. The second-order valence-corrected chi connectivity index (χ2v) is 9.43. The Labute approximate surface area is 197 Å². The molecular weight excluding hydrogens is 442 g/mol. The number of thiophene rings is 1. The molecule has 3 N–H and O–H groups in total. The number of anilines is 1. The van der Waals surface area contributed by atoms with E-state index in [9.17, 15) is 19.8 Å². The van der Waals surface area contributed by atoms with E-state index in [1.54, 1.807) is 16.2 Å². The summed E-state index contributed by atoms with van der Waals surface area (Å²) < 4.78 is 5.43. The van der Waals surface area contributed by atoms with Gasteiger partial charge in [-0.1, -0.05) is 18.2 Å². The molecule has 0 saturated carbocycles. The molecule has 2 fully saturated rings. The number of hydrogen-bond donors (Lipinski definition) is 3. The monoisotopic (exact) mass is 473 g/mol. The van der Waals surface area contributed by atoms with Crippen LogP contribution in [0.4, 0.5) is 5.69 Å². The molecular formula is C24H31N3O5S. The summed E-state index contributed by atoms with van der Waals surface area (Å²) in [6.07, 6.45) is -1.40. The minimum Gasteiger partial charge on any atom is -0.380 e. The Kier molecular flexibility index (Phi) is 7.97. The summed E-state index contributed by atoms with van der Waals surface area (Å²) in [4.78, 5) is 30.3. The van der Waals surface area contributed by atoms with Crippen LogP contribution in [0.1, 0.15) is 29.3 Å². The van der Waals surface area contributed by atoms with Crippen molar-refractivity contribution in [2.75, 3.05) is 44.3 Å². The van der Waals surface area contributed by atoms with Gasteiger partial charge in [0, 0.05) is 36.7 Å². The molecule has 8 nitrogen and oxygen atoms in total. The average molecular weight is 474 g/mol. The fraction of sp³-hybridized carbons (Fsp3) is 0.500. The van der Waals surface area contributed by atoms with Gasteiger partial charge in [-0.15, -0.1) is 11.3 Å². The molecule has 0 bridgehead atoms. The van der Waals surface area contributed by atoms with Gasteiger partial charge in [0.25, 0.3) is 11.8 Å². The summed E-state index contributed by atoms with van der Waals surface area (Å²) in [5, 5.41) is 25.4. The third-order valence-electron chi connectivity index (χ3n) is 6.24. The van der Waals surface area contributed by atoms with Crippen molar-refractivity contribution >= 4 is 28.8 Å². The Balaban J connectivity index is 1.37. The van der Waals surface area contributed by atoms with Crippen LogP contribution < -0.4 is 10.2 Å². The van der Waals surface area contributed by atoms with E-state index in [2.05, 4.69) is 22.3 Å². The van der Waals surface area contributed by atoms with Crippen LogP contribution in [0.2, 0.25) is 0 Å². The predicted octanol–water partition coefficient (Wildman–Crippen LogP) is 1.33. The molecule has 0 aliphatic carbocycles. The van der Waals surface area contributed by atoms with Gasteiger partial charge in [0.15, 0.2) is 12.2 Å². The smallest absolute Gasteiger partial charge is 0.255 e. The van der Waals surface area contributed by atoms with Crippen molar-refractivity contribution in [2.45, 2.75) is 37.5 Å². The highest BCUT2D eigenvalue weighted by Gasteiger charge is 2.38. The SMILES string of the molecule is O=C(NCCc1cccs1)[C@H](O)[C@@H](O)C(=O)N1CCC[C@@H]1c1cccc(N2CCOCC2)c1. The summed E-state index contributed by atoms with van der Waals surface area (Å²) in [6, 6.07) is 11.8. The van der Waals surface area contributed by atoms with E-state index >= 15 is 0 Å². The molecule has 1 aromatic heterocycles. The van der Waals surface area contributed by atoms with E-state index in [0.717, 1.165) is 42.1 Å². The molecule has 0 spiro atoms. The summed E-state index contributed by atoms with van der Waals surface area (Å²) in [7, 11) is 0. The summed E-state index contributed by atoms with van der Waals surface area (Å²) in [5.41, 5.74) is 2.08. The summed E-state index contributed by atoms with van der Waals surface area (Å²) >= 11 is 1.59.